The second-order valence-corrected chi connectivity index (χ2v) is 11.0. The predicted octanol–water partition coefficient (Wildman–Crippen LogP) is 10.7. The number of ketones is 1. The number of hydrogen-bond donors (Lipinski definition) is 0. The standard InChI is InChI=1S/C40H28O/c1-25(41)28-17-8-9-18-29(28)30-23-24-35-38-31(30)21-12-22-34(38)39-36(26-13-4-2-5-14-26)32-19-10-11-20-33(32)37(40(35)39)27-15-6-3-7-16-27/h2-7,10-24H,8-9H2,1H3. The number of carbonyl (C=O) groups is 1. The Morgan fingerprint density at radius 3 is 1.61 bits per heavy atom. The molecule has 0 saturated carbocycles. The highest BCUT2D eigenvalue weighted by Gasteiger charge is 2.31. The molecule has 0 fully saturated rings. The first-order chi connectivity index (χ1) is 20.2. The van der Waals surface area contributed by atoms with Gasteiger partial charge in [-0.15, -0.1) is 0 Å². The smallest absolute Gasteiger partial charge is 0.160 e. The molecule has 6 aromatic carbocycles. The van der Waals surface area contributed by atoms with Crippen LogP contribution in [0.1, 0.15) is 25.3 Å². The number of benzene rings is 6. The molecule has 1 heteroatoms. The van der Waals surface area contributed by atoms with Gasteiger partial charge in [-0.05, 0) is 97.0 Å². The summed E-state index contributed by atoms with van der Waals surface area (Å²) < 4.78 is 0. The van der Waals surface area contributed by atoms with Gasteiger partial charge >= 0.3 is 0 Å². The van der Waals surface area contributed by atoms with Crippen molar-refractivity contribution >= 4 is 32.9 Å². The summed E-state index contributed by atoms with van der Waals surface area (Å²) in [6, 6.07) is 41.7. The fourth-order valence-electron chi connectivity index (χ4n) is 7.11. The van der Waals surface area contributed by atoms with Crippen LogP contribution in [0.4, 0.5) is 0 Å². The monoisotopic (exact) mass is 524 g/mol. The van der Waals surface area contributed by atoms with Gasteiger partial charge in [-0.25, -0.2) is 0 Å². The number of carbonyl (C=O) groups excluding carboxylic acids is 1. The third-order valence-electron chi connectivity index (χ3n) is 8.74. The van der Waals surface area contributed by atoms with Crippen LogP contribution in [0.5, 0.6) is 0 Å². The third kappa shape index (κ3) is 3.52. The molecule has 0 bridgehead atoms. The molecule has 0 N–H and O–H groups in total. The van der Waals surface area contributed by atoms with Gasteiger partial charge in [0.2, 0.25) is 0 Å². The molecule has 0 heterocycles. The van der Waals surface area contributed by atoms with E-state index in [0.717, 1.165) is 29.6 Å². The van der Waals surface area contributed by atoms with Crippen LogP contribution in [-0.2, 0) is 4.79 Å². The van der Waals surface area contributed by atoms with Crippen LogP contribution in [0, 0.1) is 0 Å². The van der Waals surface area contributed by atoms with E-state index in [4.69, 9.17) is 0 Å². The molecule has 6 aromatic rings. The SMILES string of the molecule is CC(=O)C1=CCCC=C1c1ccc2c3c(cccc13)-c1c-2c(-c2ccccc2)c2ccccc2c1-c1ccccc1. The maximum absolute atomic E-state index is 12.7. The Hall–Kier alpha value is -5.01. The van der Waals surface area contributed by atoms with Crippen molar-refractivity contribution < 1.29 is 4.79 Å². The zero-order valence-electron chi connectivity index (χ0n) is 22.9. The van der Waals surface area contributed by atoms with Crippen molar-refractivity contribution in [3.8, 4) is 44.5 Å². The molecule has 41 heavy (non-hydrogen) atoms. The summed E-state index contributed by atoms with van der Waals surface area (Å²) in [5.74, 6) is 0.131. The first-order valence-electron chi connectivity index (χ1n) is 14.4. The van der Waals surface area contributed by atoms with Gasteiger partial charge in [0.05, 0.1) is 0 Å². The van der Waals surface area contributed by atoms with Crippen LogP contribution >= 0.6 is 0 Å². The van der Waals surface area contributed by atoms with Crippen molar-refractivity contribution in [2.75, 3.05) is 0 Å². The Balaban J connectivity index is 1.54. The van der Waals surface area contributed by atoms with E-state index in [1.807, 2.05) is 0 Å². The molecule has 0 aromatic heterocycles. The van der Waals surface area contributed by atoms with Crippen molar-refractivity contribution in [2.45, 2.75) is 19.8 Å². The molecule has 194 valence electrons. The molecule has 2 aliphatic carbocycles. The van der Waals surface area contributed by atoms with Gasteiger partial charge in [-0.2, -0.15) is 0 Å². The van der Waals surface area contributed by atoms with Crippen LogP contribution in [0.2, 0.25) is 0 Å². The van der Waals surface area contributed by atoms with Crippen molar-refractivity contribution in [1.82, 2.24) is 0 Å². The highest BCUT2D eigenvalue weighted by Crippen LogP contribution is 2.58. The molecule has 2 aliphatic rings. The van der Waals surface area contributed by atoms with Gasteiger partial charge in [0.25, 0.3) is 0 Å². The van der Waals surface area contributed by atoms with Crippen molar-refractivity contribution in [3.63, 3.8) is 0 Å². The second-order valence-electron chi connectivity index (χ2n) is 11.0. The Morgan fingerprint density at radius 1 is 0.488 bits per heavy atom. The van der Waals surface area contributed by atoms with Gasteiger partial charge in [0.1, 0.15) is 0 Å². The van der Waals surface area contributed by atoms with Gasteiger partial charge < -0.3 is 0 Å². The number of fused-ring (bicyclic) bond motifs is 4. The minimum atomic E-state index is 0.131. The summed E-state index contributed by atoms with van der Waals surface area (Å²) in [5, 5.41) is 5.01. The Morgan fingerprint density at radius 2 is 1.00 bits per heavy atom. The van der Waals surface area contributed by atoms with E-state index in [0.29, 0.717) is 0 Å². The number of rotatable bonds is 4. The average Bonchev–Trinajstić information content (AvgIpc) is 3.36. The maximum atomic E-state index is 12.7. The van der Waals surface area contributed by atoms with E-state index in [1.165, 1.54) is 66.1 Å². The lowest BCUT2D eigenvalue weighted by molar-refractivity contribution is -0.113. The van der Waals surface area contributed by atoms with Crippen molar-refractivity contribution in [1.29, 1.82) is 0 Å². The lowest BCUT2D eigenvalue weighted by Crippen LogP contribution is -2.04. The van der Waals surface area contributed by atoms with Crippen LogP contribution < -0.4 is 0 Å². The Kier molecular flexibility index (Phi) is 5.40. The number of allylic oxidation sites excluding steroid dienone is 4. The lowest BCUT2D eigenvalue weighted by atomic mass is 9.82. The van der Waals surface area contributed by atoms with E-state index in [-0.39, 0.29) is 5.78 Å². The van der Waals surface area contributed by atoms with Gasteiger partial charge in [0.15, 0.2) is 5.78 Å². The van der Waals surface area contributed by atoms with E-state index in [2.05, 4.69) is 127 Å². The molecular formula is C40H28O. The summed E-state index contributed by atoms with van der Waals surface area (Å²) in [6.45, 7) is 1.69. The normalized spacial score (nSPS) is 13.7. The van der Waals surface area contributed by atoms with Crippen molar-refractivity contribution in [2.24, 2.45) is 0 Å². The first kappa shape index (κ1) is 23.8. The fraction of sp³-hybridized carbons (Fsp3) is 0.0750. The van der Waals surface area contributed by atoms with E-state index >= 15 is 0 Å². The molecule has 0 spiro atoms. The van der Waals surface area contributed by atoms with E-state index in [9.17, 15) is 4.79 Å². The molecule has 8 rings (SSSR count). The lowest BCUT2D eigenvalue weighted by Gasteiger charge is -2.20. The summed E-state index contributed by atoms with van der Waals surface area (Å²) in [7, 11) is 0. The summed E-state index contributed by atoms with van der Waals surface area (Å²) >= 11 is 0. The maximum Gasteiger partial charge on any atom is 0.160 e. The summed E-state index contributed by atoms with van der Waals surface area (Å²) in [4.78, 5) is 12.7. The van der Waals surface area contributed by atoms with Crippen LogP contribution in [-0.4, -0.2) is 5.78 Å². The largest absolute Gasteiger partial charge is 0.295 e. The highest BCUT2D eigenvalue weighted by molar-refractivity contribution is 6.29. The Bertz CT molecular complexity index is 2000. The van der Waals surface area contributed by atoms with Crippen LogP contribution in [0.15, 0.2) is 133 Å². The minimum absolute atomic E-state index is 0.131. The predicted molar refractivity (Wildman–Crippen MR) is 173 cm³/mol. The molecule has 1 nitrogen and oxygen atoms in total. The van der Waals surface area contributed by atoms with Gasteiger partial charge in [-0.3, -0.25) is 4.79 Å². The number of hydrogen-bond acceptors (Lipinski definition) is 1. The third-order valence-corrected chi connectivity index (χ3v) is 8.74. The highest BCUT2D eigenvalue weighted by atomic mass is 16.1. The molecule has 0 aliphatic heterocycles. The molecule has 0 atom stereocenters. The zero-order chi connectivity index (χ0) is 27.5. The van der Waals surface area contributed by atoms with Gasteiger partial charge in [0, 0.05) is 5.57 Å². The zero-order valence-corrected chi connectivity index (χ0v) is 22.9. The quantitative estimate of drug-likeness (QED) is 0.224. The molecule has 0 unspecified atom stereocenters. The average molecular weight is 525 g/mol. The molecule has 0 saturated heterocycles. The Labute approximate surface area is 240 Å². The van der Waals surface area contributed by atoms with Crippen LogP contribution in [0.25, 0.3) is 71.6 Å². The van der Waals surface area contributed by atoms with Crippen LogP contribution in [0.3, 0.4) is 0 Å². The summed E-state index contributed by atoms with van der Waals surface area (Å²) in [6.07, 6.45) is 6.24. The van der Waals surface area contributed by atoms with Gasteiger partial charge in [-0.1, -0.05) is 127 Å². The number of Topliss-reactive ketones (excluding diaryl/α,β-unsaturated/α-hetero) is 1. The minimum Gasteiger partial charge on any atom is -0.295 e. The second kappa shape index (κ2) is 9.28. The molecule has 0 amide bonds. The van der Waals surface area contributed by atoms with Crippen molar-refractivity contribution in [3.05, 3.63) is 139 Å². The first-order valence-corrected chi connectivity index (χ1v) is 14.4. The topological polar surface area (TPSA) is 17.1 Å². The van der Waals surface area contributed by atoms with E-state index < -0.39 is 0 Å². The van der Waals surface area contributed by atoms with E-state index in [1.54, 1.807) is 6.92 Å². The molecular weight excluding hydrogens is 496 g/mol. The fourth-order valence-corrected chi connectivity index (χ4v) is 7.11. The summed E-state index contributed by atoms with van der Waals surface area (Å²) in [5.41, 5.74) is 13.2. The molecule has 0 radical (unpaired) electrons.